The first-order valence-electron chi connectivity index (χ1n) is 18.1. The van der Waals surface area contributed by atoms with Gasteiger partial charge in [0.1, 0.15) is 11.4 Å². The fourth-order valence-corrected chi connectivity index (χ4v) is 7.45. The van der Waals surface area contributed by atoms with Crippen LogP contribution in [-0.4, -0.2) is 40.9 Å². The second kappa shape index (κ2) is 19.8. The maximum Gasteiger partial charge on any atom is 0.274 e. The maximum absolute atomic E-state index is 12.7. The van der Waals surface area contributed by atoms with Crippen LogP contribution in [0.1, 0.15) is 54.6 Å². The van der Waals surface area contributed by atoms with Gasteiger partial charge in [-0.15, -0.1) is 22.7 Å². The maximum atomic E-state index is 12.7. The molecule has 0 atom stereocenters. The van der Waals surface area contributed by atoms with Crippen LogP contribution in [0, 0.1) is 0 Å². The molecule has 0 aliphatic heterocycles. The van der Waals surface area contributed by atoms with Gasteiger partial charge in [-0.3, -0.25) is 30.2 Å². The van der Waals surface area contributed by atoms with Crippen LogP contribution in [0.3, 0.4) is 0 Å². The summed E-state index contributed by atoms with van der Waals surface area (Å²) >= 11 is 14.7. The molecule has 2 N–H and O–H groups in total. The number of carbonyl (C=O) groups is 2. The Morgan fingerprint density at radius 3 is 1.67 bits per heavy atom. The van der Waals surface area contributed by atoms with E-state index in [2.05, 4.69) is 30.6 Å². The summed E-state index contributed by atoms with van der Waals surface area (Å²) in [4.78, 5) is 42.5. The van der Waals surface area contributed by atoms with Gasteiger partial charge >= 0.3 is 0 Å². The van der Waals surface area contributed by atoms with E-state index in [1.165, 1.54) is 28.2 Å². The second-order valence-corrected chi connectivity index (χ2v) is 15.5. The number of carbonyl (C=O) groups excluding carboxylic acids is 2. The van der Waals surface area contributed by atoms with Gasteiger partial charge in [0.15, 0.2) is 10.3 Å². The summed E-state index contributed by atoms with van der Waals surface area (Å²) in [5.74, 6) is -0.353. The van der Waals surface area contributed by atoms with Crippen LogP contribution >= 0.6 is 45.9 Å². The van der Waals surface area contributed by atoms with Crippen molar-refractivity contribution < 1.29 is 9.59 Å². The lowest BCUT2D eigenvalue weighted by Gasteiger charge is -2.08. The second-order valence-electron chi connectivity index (χ2n) is 12.9. The molecule has 2 amide bonds. The van der Waals surface area contributed by atoms with Gasteiger partial charge in [0, 0.05) is 71.1 Å². The van der Waals surface area contributed by atoms with Crippen LogP contribution in [0.2, 0.25) is 10.0 Å². The first kappa shape index (κ1) is 40.0. The van der Waals surface area contributed by atoms with Crippen LogP contribution in [0.4, 0.5) is 10.3 Å². The minimum Gasteiger partial charge on any atom is -0.339 e. The molecule has 0 aliphatic carbocycles. The number of hydrogen-bond acceptors (Lipinski definition) is 8. The first-order chi connectivity index (χ1) is 28.3. The largest absolute Gasteiger partial charge is 0.339 e. The molecule has 0 unspecified atom stereocenters. The summed E-state index contributed by atoms with van der Waals surface area (Å²) in [6, 6.07) is 30.5. The summed E-state index contributed by atoms with van der Waals surface area (Å²) < 4.78 is 3.82. The third kappa shape index (κ3) is 11.5. The van der Waals surface area contributed by atoms with Crippen LogP contribution < -0.4 is 10.6 Å². The number of halogens is 2. The van der Waals surface area contributed by atoms with Crippen molar-refractivity contribution in [3.63, 3.8) is 0 Å². The summed E-state index contributed by atoms with van der Waals surface area (Å²) in [7, 11) is 0. The molecular formula is C44H36Cl2N8O2S2. The lowest BCUT2D eigenvalue weighted by atomic mass is 10.1. The molecule has 6 aromatic heterocycles. The summed E-state index contributed by atoms with van der Waals surface area (Å²) in [6.45, 7) is 1.22. The highest BCUT2D eigenvalue weighted by Crippen LogP contribution is 2.21. The lowest BCUT2D eigenvalue weighted by Crippen LogP contribution is -2.17. The third-order valence-corrected chi connectivity index (χ3v) is 10.8. The molecule has 0 spiro atoms. The fraction of sp³-hybridized carbons (Fsp3) is 0.0909. The SMILES string of the molecule is O=C(Nc1nc(/C=C/c2ccc(Cl)cc2)cs1)c1cccn1Cc1ccncc1.O=C(Nc1nc(CCc2ccc(Cl)cc2)cs1)c1cccn1Cc1ccncc1. The Kier molecular flexibility index (Phi) is 13.7. The first-order valence-corrected chi connectivity index (χ1v) is 20.6. The Labute approximate surface area is 353 Å². The van der Waals surface area contributed by atoms with E-state index < -0.39 is 0 Å². The van der Waals surface area contributed by atoms with E-state index in [0.717, 1.165) is 45.9 Å². The highest BCUT2D eigenvalue weighted by atomic mass is 35.5. The van der Waals surface area contributed by atoms with Crippen molar-refractivity contribution in [3.8, 4) is 0 Å². The molecular weight excluding hydrogens is 808 g/mol. The molecule has 10 nitrogen and oxygen atoms in total. The fourth-order valence-electron chi connectivity index (χ4n) is 5.79. The van der Waals surface area contributed by atoms with Gasteiger partial charge in [0.05, 0.1) is 11.4 Å². The van der Waals surface area contributed by atoms with Crippen molar-refractivity contribution >= 4 is 80.1 Å². The van der Waals surface area contributed by atoms with E-state index in [1.807, 2.05) is 135 Å². The van der Waals surface area contributed by atoms with E-state index in [1.54, 1.807) is 30.9 Å². The number of rotatable bonds is 13. The number of hydrogen-bond donors (Lipinski definition) is 2. The van der Waals surface area contributed by atoms with Crippen molar-refractivity contribution in [2.75, 3.05) is 10.6 Å². The molecule has 8 aromatic rings. The zero-order valence-corrected chi connectivity index (χ0v) is 34.1. The zero-order valence-electron chi connectivity index (χ0n) is 30.9. The topological polar surface area (TPSA) is 120 Å². The average Bonchev–Trinajstić information content (AvgIpc) is 4.08. The number of anilines is 2. The van der Waals surface area contributed by atoms with Gasteiger partial charge < -0.3 is 9.13 Å². The monoisotopic (exact) mass is 842 g/mol. The Morgan fingerprint density at radius 1 is 0.586 bits per heavy atom. The standard InChI is InChI=1S/C22H19ClN4OS.C22H17ClN4OS/c2*23-18-6-3-16(4-7-18)5-8-19-15-29-22(25-19)26-21(28)20-2-1-13-27(20)14-17-9-11-24-12-10-17/h1-4,6-7,9-13,15H,5,8,14H2,(H,25,26,28);1-13,15H,14H2,(H,25,26,28)/b;8-5+. The molecule has 0 saturated carbocycles. The van der Waals surface area contributed by atoms with Gasteiger partial charge in [-0.05, 0) is 114 Å². The van der Waals surface area contributed by atoms with E-state index in [9.17, 15) is 9.59 Å². The Hall–Kier alpha value is -6.18. The normalized spacial score (nSPS) is 10.9. The molecule has 0 aliphatic rings. The van der Waals surface area contributed by atoms with Crippen LogP contribution in [-0.2, 0) is 25.9 Å². The predicted octanol–water partition coefficient (Wildman–Crippen LogP) is 10.5. The van der Waals surface area contributed by atoms with Gasteiger partial charge in [0.2, 0.25) is 0 Å². The Morgan fingerprint density at radius 2 is 1.10 bits per heavy atom. The van der Waals surface area contributed by atoms with Crippen molar-refractivity contribution in [3.05, 3.63) is 200 Å². The highest BCUT2D eigenvalue weighted by Gasteiger charge is 2.15. The van der Waals surface area contributed by atoms with Crippen molar-refractivity contribution in [1.29, 1.82) is 0 Å². The van der Waals surface area contributed by atoms with E-state index >= 15 is 0 Å². The van der Waals surface area contributed by atoms with E-state index in [4.69, 9.17) is 23.2 Å². The summed E-state index contributed by atoms with van der Waals surface area (Å²) in [6.07, 6.45) is 16.3. The van der Waals surface area contributed by atoms with Crippen LogP contribution in [0.15, 0.2) is 145 Å². The number of aryl methyl sites for hydroxylation is 2. The third-order valence-electron chi connectivity index (χ3n) is 8.74. The van der Waals surface area contributed by atoms with E-state index in [0.29, 0.717) is 39.8 Å². The molecule has 290 valence electrons. The highest BCUT2D eigenvalue weighted by molar-refractivity contribution is 7.14. The molecule has 2 aromatic carbocycles. The molecule has 14 heteroatoms. The number of aromatic nitrogens is 6. The predicted molar refractivity (Wildman–Crippen MR) is 235 cm³/mol. The number of benzene rings is 2. The van der Waals surface area contributed by atoms with Crippen LogP contribution in [0.25, 0.3) is 12.2 Å². The Balaban J connectivity index is 0.000000177. The molecule has 0 bridgehead atoms. The van der Waals surface area contributed by atoms with Crippen LogP contribution in [0.5, 0.6) is 0 Å². The van der Waals surface area contributed by atoms with Gasteiger partial charge in [-0.25, -0.2) is 9.97 Å². The number of thiazole rings is 2. The van der Waals surface area contributed by atoms with Crippen molar-refractivity contribution in [2.24, 2.45) is 0 Å². The minimum absolute atomic E-state index is 0.164. The number of nitrogens with zero attached hydrogens (tertiary/aromatic N) is 6. The van der Waals surface area contributed by atoms with Gasteiger partial charge in [-0.1, -0.05) is 53.5 Å². The smallest absolute Gasteiger partial charge is 0.274 e. The Bertz CT molecular complexity index is 2580. The van der Waals surface area contributed by atoms with Gasteiger partial charge in [0.25, 0.3) is 11.8 Å². The molecule has 0 radical (unpaired) electrons. The number of pyridine rings is 2. The number of amides is 2. The van der Waals surface area contributed by atoms with Crippen molar-refractivity contribution in [1.82, 2.24) is 29.1 Å². The average molecular weight is 844 g/mol. The molecule has 6 heterocycles. The van der Waals surface area contributed by atoms with E-state index in [-0.39, 0.29) is 11.8 Å². The molecule has 8 rings (SSSR count). The lowest BCUT2D eigenvalue weighted by molar-refractivity contribution is 0.101. The molecule has 0 saturated heterocycles. The summed E-state index contributed by atoms with van der Waals surface area (Å²) in [5, 5.41) is 12.3. The van der Waals surface area contributed by atoms with Gasteiger partial charge in [-0.2, -0.15) is 0 Å². The van der Waals surface area contributed by atoms with Crippen molar-refractivity contribution in [2.45, 2.75) is 25.9 Å². The molecule has 58 heavy (non-hydrogen) atoms. The minimum atomic E-state index is -0.188. The summed E-state index contributed by atoms with van der Waals surface area (Å²) in [5.41, 5.74) is 7.33. The zero-order chi connectivity index (χ0) is 40.1. The quantitative estimate of drug-likeness (QED) is 0.119. The number of nitrogens with one attached hydrogen (secondary N) is 2. The molecule has 0 fully saturated rings.